The molecule has 116 valence electrons. The highest BCUT2D eigenvalue weighted by molar-refractivity contribution is 5.86. The molecule has 1 aromatic rings. The van der Waals surface area contributed by atoms with E-state index in [0.717, 1.165) is 18.4 Å². The van der Waals surface area contributed by atoms with Crippen LogP contribution in [-0.4, -0.2) is 12.6 Å². The minimum absolute atomic E-state index is 0.248. The number of hydrogen-bond acceptors (Lipinski definition) is 2. The number of hydrogen-bond donors (Lipinski definition) is 0. The van der Waals surface area contributed by atoms with E-state index in [1.54, 1.807) is 6.08 Å². The third-order valence-corrected chi connectivity index (χ3v) is 3.45. The molecular formula is C19H28O2. The van der Waals surface area contributed by atoms with Crippen LogP contribution in [-0.2, 0) is 9.53 Å². The van der Waals surface area contributed by atoms with Gasteiger partial charge in [-0.25, -0.2) is 4.79 Å². The number of esters is 1. The lowest BCUT2D eigenvalue weighted by Crippen LogP contribution is -2.02. The average molecular weight is 288 g/mol. The van der Waals surface area contributed by atoms with Gasteiger partial charge in [0.05, 0.1) is 6.61 Å². The van der Waals surface area contributed by atoms with E-state index < -0.39 is 0 Å². The van der Waals surface area contributed by atoms with Gasteiger partial charge in [0.25, 0.3) is 0 Å². The summed E-state index contributed by atoms with van der Waals surface area (Å²) in [7, 11) is 0. The molecule has 1 rings (SSSR count). The van der Waals surface area contributed by atoms with Gasteiger partial charge in [-0.05, 0) is 18.1 Å². The van der Waals surface area contributed by atoms with Crippen molar-refractivity contribution in [2.45, 2.75) is 58.3 Å². The highest BCUT2D eigenvalue weighted by Gasteiger charge is 1.97. The van der Waals surface area contributed by atoms with Gasteiger partial charge < -0.3 is 4.74 Å². The Morgan fingerprint density at radius 3 is 2.24 bits per heavy atom. The second-order valence-corrected chi connectivity index (χ2v) is 5.39. The lowest BCUT2D eigenvalue weighted by atomic mass is 10.1. The van der Waals surface area contributed by atoms with Crippen molar-refractivity contribution >= 4 is 12.0 Å². The zero-order valence-electron chi connectivity index (χ0n) is 13.2. The Kier molecular flexibility index (Phi) is 10.1. The van der Waals surface area contributed by atoms with Crippen molar-refractivity contribution in [3.05, 3.63) is 42.0 Å². The van der Waals surface area contributed by atoms with Crippen molar-refractivity contribution < 1.29 is 9.53 Å². The Hall–Kier alpha value is -1.57. The van der Waals surface area contributed by atoms with Crippen LogP contribution in [0.3, 0.4) is 0 Å². The Balaban J connectivity index is 1.97. The van der Waals surface area contributed by atoms with E-state index in [1.165, 1.54) is 44.6 Å². The topological polar surface area (TPSA) is 26.3 Å². The monoisotopic (exact) mass is 288 g/mol. The van der Waals surface area contributed by atoms with E-state index in [0.29, 0.717) is 6.61 Å². The predicted molar refractivity (Wildman–Crippen MR) is 89.0 cm³/mol. The number of unbranched alkanes of at least 4 members (excludes halogenated alkanes) is 7. The molecule has 0 aliphatic rings. The Bertz CT molecular complexity index is 395. The van der Waals surface area contributed by atoms with Crippen LogP contribution < -0.4 is 0 Å². The maximum Gasteiger partial charge on any atom is 0.330 e. The van der Waals surface area contributed by atoms with Gasteiger partial charge in [0.1, 0.15) is 0 Å². The Morgan fingerprint density at radius 1 is 0.952 bits per heavy atom. The Labute approximate surface area is 129 Å². The SMILES string of the molecule is CCCCCCCCCCOC(=O)C=Cc1ccccc1. The van der Waals surface area contributed by atoms with Crippen molar-refractivity contribution in [1.29, 1.82) is 0 Å². The molecule has 0 amide bonds. The van der Waals surface area contributed by atoms with Gasteiger partial charge in [-0.1, -0.05) is 82.2 Å². The van der Waals surface area contributed by atoms with Crippen molar-refractivity contribution in [1.82, 2.24) is 0 Å². The summed E-state index contributed by atoms with van der Waals surface area (Å²) >= 11 is 0. The second-order valence-electron chi connectivity index (χ2n) is 5.39. The van der Waals surface area contributed by atoms with E-state index >= 15 is 0 Å². The first kappa shape index (κ1) is 17.5. The average Bonchev–Trinajstić information content (AvgIpc) is 2.52. The molecule has 0 unspecified atom stereocenters. The summed E-state index contributed by atoms with van der Waals surface area (Å²) in [6.07, 6.45) is 13.3. The molecule has 2 nitrogen and oxygen atoms in total. The van der Waals surface area contributed by atoms with Crippen LogP contribution in [0.5, 0.6) is 0 Å². The molecule has 0 saturated heterocycles. The quantitative estimate of drug-likeness (QED) is 0.310. The molecule has 0 saturated carbocycles. The van der Waals surface area contributed by atoms with Crippen LogP contribution >= 0.6 is 0 Å². The maximum absolute atomic E-state index is 11.5. The van der Waals surface area contributed by atoms with Crippen LogP contribution in [0, 0.1) is 0 Å². The number of benzene rings is 1. The molecule has 1 aromatic carbocycles. The van der Waals surface area contributed by atoms with Crippen LogP contribution in [0.15, 0.2) is 36.4 Å². The number of ether oxygens (including phenoxy) is 1. The van der Waals surface area contributed by atoms with Crippen molar-refractivity contribution in [3.63, 3.8) is 0 Å². The van der Waals surface area contributed by atoms with Crippen molar-refractivity contribution in [3.8, 4) is 0 Å². The first-order chi connectivity index (χ1) is 10.3. The van der Waals surface area contributed by atoms with Crippen LogP contribution in [0.4, 0.5) is 0 Å². The highest BCUT2D eigenvalue weighted by Crippen LogP contribution is 2.08. The molecule has 0 atom stereocenters. The molecule has 0 spiro atoms. The Morgan fingerprint density at radius 2 is 1.57 bits per heavy atom. The van der Waals surface area contributed by atoms with Gasteiger partial charge in [0.15, 0.2) is 0 Å². The minimum Gasteiger partial charge on any atom is -0.463 e. The molecule has 0 fully saturated rings. The molecule has 0 aliphatic heterocycles. The summed E-state index contributed by atoms with van der Waals surface area (Å²) < 4.78 is 5.18. The molecular weight excluding hydrogens is 260 g/mol. The van der Waals surface area contributed by atoms with E-state index in [1.807, 2.05) is 30.3 Å². The third-order valence-electron chi connectivity index (χ3n) is 3.45. The number of carbonyl (C=O) groups is 1. The summed E-state index contributed by atoms with van der Waals surface area (Å²) in [5, 5.41) is 0. The standard InChI is InChI=1S/C19H28O2/c1-2-3-4-5-6-7-8-12-17-21-19(20)16-15-18-13-10-9-11-14-18/h9-11,13-16H,2-8,12,17H2,1H3. The molecule has 21 heavy (non-hydrogen) atoms. The summed E-state index contributed by atoms with van der Waals surface area (Å²) in [6.45, 7) is 2.77. The van der Waals surface area contributed by atoms with Crippen LogP contribution in [0.1, 0.15) is 63.9 Å². The summed E-state index contributed by atoms with van der Waals surface area (Å²) in [4.78, 5) is 11.5. The fourth-order valence-electron chi connectivity index (χ4n) is 2.19. The van der Waals surface area contributed by atoms with E-state index in [4.69, 9.17) is 4.74 Å². The summed E-state index contributed by atoms with van der Waals surface area (Å²) in [6, 6.07) is 9.78. The van der Waals surface area contributed by atoms with Gasteiger partial charge >= 0.3 is 5.97 Å². The second kappa shape index (κ2) is 12.2. The van der Waals surface area contributed by atoms with Gasteiger partial charge in [0.2, 0.25) is 0 Å². The largest absolute Gasteiger partial charge is 0.463 e. The molecule has 0 N–H and O–H groups in total. The van der Waals surface area contributed by atoms with Gasteiger partial charge in [0, 0.05) is 6.08 Å². The molecule has 0 heterocycles. The first-order valence-corrected chi connectivity index (χ1v) is 8.23. The van der Waals surface area contributed by atoms with Gasteiger partial charge in [-0.2, -0.15) is 0 Å². The smallest absolute Gasteiger partial charge is 0.330 e. The van der Waals surface area contributed by atoms with Crippen molar-refractivity contribution in [2.75, 3.05) is 6.61 Å². The zero-order chi connectivity index (χ0) is 15.2. The van der Waals surface area contributed by atoms with Gasteiger partial charge in [-0.15, -0.1) is 0 Å². The number of carbonyl (C=O) groups excluding carboxylic acids is 1. The lowest BCUT2D eigenvalue weighted by molar-refractivity contribution is -0.137. The third kappa shape index (κ3) is 9.89. The fourth-order valence-corrected chi connectivity index (χ4v) is 2.19. The fraction of sp³-hybridized carbons (Fsp3) is 0.526. The molecule has 0 aromatic heterocycles. The van der Waals surface area contributed by atoms with E-state index in [2.05, 4.69) is 6.92 Å². The molecule has 0 bridgehead atoms. The highest BCUT2D eigenvalue weighted by atomic mass is 16.5. The first-order valence-electron chi connectivity index (χ1n) is 8.23. The van der Waals surface area contributed by atoms with Gasteiger partial charge in [-0.3, -0.25) is 0 Å². The minimum atomic E-state index is -0.248. The van der Waals surface area contributed by atoms with Crippen LogP contribution in [0.25, 0.3) is 6.08 Å². The zero-order valence-corrected chi connectivity index (χ0v) is 13.2. The van der Waals surface area contributed by atoms with Crippen molar-refractivity contribution in [2.24, 2.45) is 0 Å². The maximum atomic E-state index is 11.5. The summed E-state index contributed by atoms with van der Waals surface area (Å²) in [5.74, 6) is -0.248. The van der Waals surface area contributed by atoms with E-state index in [9.17, 15) is 4.79 Å². The molecule has 0 radical (unpaired) electrons. The van der Waals surface area contributed by atoms with Crippen LogP contribution in [0.2, 0.25) is 0 Å². The normalized spacial score (nSPS) is 10.9. The molecule has 2 heteroatoms. The number of rotatable bonds is 11. The lowest BCUT2D eigenvalue weighted by Gasteiger charge is -2.02. The summed E-state index contributed by atoms with van der Waals surface area (Å²) in [5.41, 5.74) is 1.02. The predicted octanol–water partition coefficient (Wildman–Crippen LogP) is 5.38. The van der Waals surface area contributed by atoms with E-state index in [-0.39, 0.29) is 5.97 Å². The molecule has 0 aliphatic carbocycles.